The average Bonchev–Trinajstić information content (AvgIpc) is 0.811. The third-order valence-electron chi connectivity index (χ3n) is 0. The summed E-state index contributed by atoms with van der Waals surface area (Å²) in [5.41, 5.74) is 4.03. The van der Waals surface area contributed by atoms with E-state index in [2.05, 4.69) is 5.73 Å². The van der Waals surface area contributed by atoms with Gasteiger partial charge in [-0.25, -0.2) is 4.79 Å². The van der Waals surface area contributed by atoms with Crippen LogP contribution in [-0.2, 0) is 0 Å². The zero-order chi connectivity index (χ0) is 3.58. The molecule has 4 heteroatoms. The van der Waals surface area contributed by atoms with Gasteiger partial charge in [0, 0.05) is 13.5 Å². The molecule has 5 heavy (non-hydrogen) atoms. The molecular weight excluding hydrogens is 90.1 g/mol. The lowest BCUT2D eigenvalue weighted by atomic mass is 11.3. The molecule has 2 radical (unpaired) electrons. The first-order chi connectivity index (χ1) is 1.73. The summed E-state index contributed by atoms with van der Waals surface area (Å²) in [7, 11) is 0. The molecule has 0 saturated heterocycles. The van der Waals surface area contributed by atoms with Crippen molar-refractivity contribution in [2.24, 2.45) is 5.73 Å². The van der Waals surface area contributed by atoms with Crippen molar-refractivity contribution in [2.45, 2.75) is 0 Å². The highest BCUT2D eigenvalue weighted by molar-refractivity contribution is 7.59. The maximum atomic E-state index is 8.78. The Kier molecular flexibility index (Phi) is 6.39. The molecular formula is CH3NO2S. The van der Waals surface area contributed by atoms with Gasteiger partial charge in [-0.2, -0.15) is 0 Å². The normalized spacial score (nSPS) is 4.80. The third kappa shape index (κ3) is 65.8. The molecule has 1 amide bonds. The van der Waals surface area contributed by atoms with Crippen molar-refractivity contribution in [2.75, 3.05) is 0 Å². The Morgan fingerprint density at radius 3 is 1.80 bits per heavy atom. The summed E-state index contributed by atoms with van der Waals surface area (Å²) in [6, 6.07) is 0. The van der Waals surface area contributed by atoms with E-state index < -0.39 is 6.09 Å². The minimum Gasteiger partial charge on any atom is -0.465 e. The van der Waals surface area contributed by atoms with Crippen LogP contribution in [0.1, 0.15) is 0 Å². The number of amides is 1. The number of carboxylic acid groups (broad SMARTS) is 1. The van der Waals surface area contributed by atoms with E-state index in [4.69, 9.17) is 9.90 Å². The van der Waals surface area contributed by atoms with Crippen LogP contribution >= 0.6 is 13.5 Å². The molecule has 0 fully saturated rings. The number of nitrogens with two attached hydrogens (primary N) is 1. The smallest absolute Gasteiger partial charge is 0.402 e. The Bertz CT molecular complexity index is 32.6. The minimum atomic E-state index is -1.33. The predicted octanol–water partition coefficient (Wildman–Crippen LogP) is 0.271. The summed E-state index contributed by atoms with van der Waals surface area (Å²) < 4.78 is 0. The molecule has 0 spiro atoms. The Morgan fingerprint density at radius 1 is 1.80 bits per heavy atom. The Labute approximate surface area is 36.2 Å². The van der Waals surface area contributed by atoms with Gasteiger partial charge >= 0.3 is 6.09 Å². The van der Waals surface area contributed by atoms with E-state index in [0.717, 1.165) is 0 Å². The first-order valence-electron chi connectivity index (χ1n) is 0.716. The molecule has 0 atom stereocenters. The van der Waals surface area contributed by atoms with Gasteiger partial charge in [0.2, 0.25) is 0 Å². The zero-order valence-electron chi connectivity index (χ0n) is 2.34. The van der Waals surface area contributed by atoms with Crippen LogP contribution in [0.3, 0.4) is 0 Å². The summed E-state index contributed by atoms with van der Waals surface area (Å²) in [5, 5.41) is 7.19. The molecule has 0 saturated carbocycles. The predicted molar refractivity (Wildman–Crippen MR) is 19.8 cm³/mol. The first kappa shape index (κ1) is 8.82. The van der Waals surface area contributed by atoms with Crippen molar-refractivity contribution in [3.8, 4) is 0 Å². The quantitative estimate of drug-likeness (QED) is 0.451. The average molecular weight is 93.1 g/mol. The van der Waals surface area contributed by atoms with Gasteiger partial charge in [0.25, 0.3) is 0 Å². The Balaban J connectivity index is 0. The minimum absolute atomic E-state index is 0. The van der Waals surface area contributed by atoms with E-state index in [1.807, 2.05) is 0 Å². The van der Waals surface area contributed by atoms with Gasteiger partial charge in [-0.3, -0.25) is 0 Å². The summed E-state index contributed by atoms with van der Waals surface area (Å²) in [5.74, 6) is 0. The van der Waals surface area contributed by atoms with Gasteiger partial charge in [0.15, 0.2) is 0 Å². The van der Waals surface area contributed by atoms with Crippen molar-refractivity contribution >= 4 is 19.6 Å². The highest BCUT2D eigenvalue weighted by atomic mass is 32.1. The van der Waals surface area contributed by atoms with Crippen molar-refractivity contribution < 1.29 is 9.90 Å². The topological polar surface area (TPSA) is 63.3 Å². The standard InChI is InChI=1S/CH3NO2.S/c2-1(3)4;/h2H2,(H,3,4);. The lowest BCUT2D eigenvalue weighted by molar-refractivity contribution is 0.205. The van der Waals surface area contributed by atoms with E-state index in [-0.39, 0.29) is 13.5 Å². The van der Waals surface area contributed by atoms with Crippen LogP contribution in [0.5, 0.6) is 0 Å². The van der Waals surface area contributed by atoms with Gasteiger partial charge in [-0.05, 0) is 0 Å². The summed E-state index contributed by atoms with van der Waals surface area (Å²) in [6.45, 7) is 0. The van der Waals surface area contributed by atoms with E-state index >= 15 is 0 Å². The fourth-order valence-electron chi connectivity index (χ4n) is 0. The molecule has 0 aliphatic rings. The maximum absolute atomic E-state index is 8.78. The SMILES string of the molecule is NC(=O)O.[S]. The highest BCUT2D eigenvalue weighted by Crippen LogP contribution is 1.34. The molecule has 30 valence electrons. The highest BCUT2D eigenvalue weighted by Gasteiger charge is 1.65. The fourth-order valence-corrected chi connectivity index (χ4v) is 0. The van der Waals surface area contributed by atoms with Gasteiger partial charge in [-0.1, -0.05) is 0 Å². The third-order valence-corrected chi connectivity index (χ3v) is 0. The van der Waals surface area contributed by atoms with Crippen LogP contribution in [0.15, 0.2) is 0 Å². The largest absolute Gasteiger partial charge is 0.465 e. The van der Waals surface area contributed by atoms with Gasteiger partial charge < -0.3 is 10.8 Å². The Hall–Kier alpha value is -0.380. The van der Waals surface area contributed by atoms with E-state index in [9.17, 15) is 0 Å². The molecule has 0 bridgehead atoms. The summed E-state index contributed by atoms with van der Waals surface area (Å²) >= 11 is 0. The van der Waals surface area contributed by atoms with E-state index in [1.165, 1.54) is 0 Å². The van der Waals surface area contributed by atoms with Crippen molar-refractivity contribution in [3.05, 3.63) is 0 Å². The van der Waals surface area contributed by atoms with Gasteiger partial charge in [-0.15, -0.1) is 0 Å². The number of rotatable bonds is 0. The summed E-state index contributed by atoms with van der Waals surface area (Å²) in [4.78, 5) is 8.78. The van der Waals surface area contributed by atoms with Crippen molar-refractivity contribution in [3.63, 3.8) is 0 Å². The molecule has 0 aliphatic heterocycles. The second-order valence-electron chi connectivity index (χ2n) is 0.338. The molecule has 0 rings (SSSR count). The number of carbonyl (C=O) groups is 1. The van der Waals surface area contributed by atoms with Crippen LogP contribution in [0.2, 0.25) is 0 Å². The van der Waals surface area contributed by atoms with Crippen LogP contribution < -0.4 is 5.73 Å². The second kappa shape index (κ2) is 3.62. The Morgan fingerprint density at radius 2 is 1.80 bits per heavy atom. The molecule has 0 aliphatic carbocycles. The maximum Gasteiger partial charge on any atom is 0.402 e. The molecule has 0 aromatic heterocycles. The molecule has 3 N–H and O–H groups in total. The molecule has 0 aromatic rings. The van der Waals surface area contributed by atoms with Crippen LogP contribution in [-0.4, -0.2) is 11.2 Å². The first-order valence-corrected chi connectivity index (χ1v) is 0.716. The molecule has 0 heterocycles. The second-order valence-corrected chi connectivity index (χ2v) is 0.338. The van der Waals surface area contributed by atoms with Crippen molar-refractivity contribution in [1.82, 2.24) is 0 Å². The van der Waals surface area contributed by atoms with Crippen LogP contribution in [0, 0.1) is 0 Å². The van der Waals surface area contributed by atoms with E-state index in [1.54, 1.807) is 0 Å². The number of hydrogen-bond donors (Lipinski definition) is 2. The lowest BCUT2D eigenvalue weighted by Crippen LogP contribution is -2.03. The van der Waals surface area contributed by atoms with Crippen LogP contribution in [0.4, 0.5) is 4.79 Å². The molecule has 3 nitrogen and oxygen atoms in total. The van der Waals surface area contributed by atoms with Crippen molar-refractivity contribution in [1.29, 1.82) is 0 Å². The van der Waals surface area contributed by atoms with Crippen LogP contribution in [0.25, 0.3) is 0 Å². The molecule has 0 aromatic carbocycles. The van der Waals surface area contributed by atoms with Gasteiger partial charge in [0.1, 0.15) is 0 Å². The monoisotopic (exact) mass is 93.0 g/mol. The molecule has 0 unspecified atom stereocenters. The van der Waals surface area contributed by atoms with E-state index in [0.29, 0.717) is 0 Å². The fraction of sp³-hybridized carbons (Fsp3) is 0. The number of primary amides is 1. The summed E-state index contributed by atoms with van der Waals surface area (Å²) in [6.07, 6.45) is -1.33. The lowest BCUT2D eigenvalue weighted by Gasteiger charge is -1.61. The number of hydrogen-bond acceptors (Lipinski definition) is 1. The van der Waals surface area contributed by atoms with Gasteiger partial charge in [0.05, 0.1) is 0 Å². The zero-order valence-corrected chi connectivity index (χ0v) is 3.16.